The summed E-state index contributed by atoms with van der Waals surface area (Å²) in [5, 5.41) is 3.14. The molecule has 2 aromatic carbocycles. The maximum absolute atomic E-state index is 14.8. The number of alkyl halides is 3. The molecule has 0 unspecified atom stereocenters. The number of methoxy groups -OCH3 is 1. The molecule has 0 spiro atoms. The number of imide groups is 1. The van der Waals surface area contributed by atoms with Crippen molar-refractivity contribution in [1.82, 2.24) is 15.0 Å². The average Bonchev–Trinajstić information content (AvgIpc) is 3.21. The Hall–Kier alpha value is -5.07. The first kappa shape index (κ1) is 25.6. The standard InChI is InChI=1S/C26H18F4N6O3/c1-3-14-6-16(36-22(37)12-35(25(36)38)17-7-15(10-31-11-17)26(28,29)30)4-5-20(14)34-24-23-19(27)8-18(39-2)9-21(23)32-13-33-24/h3-11,13H,1,12H2,2H3,(H,32,33,34). The van der Waals surface area contributed by atoms with E-state index in [1.165, 1.54) is 43.8 Å². The fraction of sp³-hybridized carbons (Fsp3) is 0.115. The molecule has 0 radical (unpaired) electrons. The number of halogens is 4. The number of urea groups is 1. The Morgan fingerprint density at radius 3 is 2.59 bits per heavy atom. The number of pyridine rings is 1. The van der Waals surface area contributed by atoms with E-state index >= 15 is 0 Å². The third-order valence-electron chi connectivity index (χ3n) is 5.99. The van der Waals surface area contributed by atoms with Crippen LogP contribution in [0.5, 0.6) is 5.75 Å². The normalized spacial score (nSPS) is 13.8. The van der Waals surface area contributed by atoms with E-state index in [-0.39, 0.29) is 28.3 Å². The van der Waals surface area contributed by atoms with E-state index in [1.54, 1.807) is 6.07 Å². The van der Waals surface area contributed by atoms with Crippen LogP contribution in [0.3, 0.4) is 0 Å². The maximum atomic E-state index is 14.8. The minimum absolute atomic E-state index is 0.118. The third kappa shape index (κ3) is 4.69. The first-order valence-corrected chi connectivity index (χ1v) is 11.3. The van der Waals surface area contributed by atoms with Crippen molar-refractivity contribution < 1.29 is 31.9 Å². The van der Waals surface area contributed by atoms with Gasteiger partial charge in [0.05, 0.1) is 41.1 Å². The molecule has 0 bridgehead atoms. The van der Waals surface area contributed by atoms with Crippen LogP contribution >= 0.6 is 0 Å². The maximum Gasteiger partial charge on any atom is 0.417 e. The highest BCUT2D eigenvalue weighted by Gasteiger charge is 2.39. The lowest BCUT2D eigenvalue weighted by Gasteiger charge is -2.19. The highest BCUT2D eigenvalue weighted by molar-refractivity contribution is 6.27. The molecule has 3 heterocycles. The molecule has 3 amide bonds. The van der Waals surface area contributed by atoms with Crippen LogP contribution in [0.4, 0.5) is 45.2 Å². The zero-order chi connectivity index (χ0) is 27.9. The van der Waals surface area contributed by atoms with Gasteiger partial charge in [0.2, 0.25) is 0 Å². The molecule has 0 saturated carbocycles. The van der Waals surface area contributed by atoms with Crippen LogP contribution in [-0.2, 0) is 11.0 Å². The minimum Gasteiger partial charge on any atom is -0.497 e. The number of hydrogen-bond acceptors (Lipinski definition) is 7. The summed E-state index contributed by atoms with van der Waals surface area (Å²) in [6, 6.07) is 7.16. The number of benzene rings is 2. The molecular weight excluding hydrogens is 520 g/mol. The second-order valence-corrected chi connectivity index (χ2v) is 8.35. The summed E-state index contributed by atoms with van der Waals surface area (Å²) in [4.78, 5) is 39.4. The fourth-order valence-electron chi connectivity index (χ4n) is 4.12. The number of fused-ring (bicyclic) bond motifs is 1. The van der Waals surface area contributed by atoms with Crippen molar-refractivity contribution in [3.63, 3.8) is 0 Å². The first-order chi connectivity index (χ1) is 18.6. The van der Waals surface area contributed by atoms with Crippen molar-refractivity contribution in [3.05, 3.63) is 78.6 Å². The summed E-state index contributed by atoms with van der Waals surface area (Å²) in [5.74, 6) is -0.809. The largest absolute Gasteiger partial charge is 0.497 e. The summed E-state index contributed by atoms with van der Waals surface area (Å²) >= 11 is 0. The molecule has 198 valence electrons. The lowest BCUT2D eigenvalue weighted by molar-refractivity contribution is -0.137. The van der Waals surface area contributed by atoms with Gasteiger partial charge in [0.25, 0.3) is 5.91 Å². The van der Waals surface area contributed by atoms with Crippen LogP contribution in [0.1, 0.15) is 11.1 Å². The topological polar surface area (TPSA) is 101 Å². The van der Waals surface area contributed by atoms with E-state index < -0.39 is 36.0 Å². The Bertz CT molecular complexity index is 1640. The van der Waals surface area contributed by atoms with Gasteiger partial charge in [-0.25, -0.2) is 24.1 Å². The summed E-state index contributed by atoms with van der Waals surface area (Å²) in [5.41, 5.74) is 0.127. The number of aromatic nitrogens is 3. The number of amides is 3. The van der Waals surface area contributed by atoms with Crippen LogP contribution in [0.25, 0.3) is 17.0 Å². The molecule has 1 N–H and O–H groups in total. The van der Waals surface area contributed by atoms with Gasteiger partial charge in [-0.15, -0.1) is 0 Å². The second-order valence-electron chi connectivity index (χ2n) is 8.35. The van der Waals surface area contributed by atoms with Crippen molar-refractivity contribution in [2.24, 2.45) is 0 Å². The summed E-state index contributed by atoms with van der Waals surface area (Å²) in [7, 11) is 1.41. The number of carbonyl (C=O) groups is 2. The molecule has 0 atom stereocenters. The van der Waals surface area contributed by atoms with E-state index in [2.05, 4.69) is 26.8 Å². The van der Waals surface area contributed by atoms with Crippen molar-refractivity contribution in [2.75, 3.05) is 28.8 Å². The molecule has 13 heteroatoms. The third-order valence-corrected chi connectivity index (χ3v) is 5.99. The van der Waals surface area contributed by atoms with Crippen molar-refractivity contribution in [3.8, 4) is 5.75 Å². The average molecular weight is 538 g/mol. The highest BCUT2D eigenvalue weighted by atomic mass is 19.4. The molecule has 39 heavy (non-hydrogen) atoms. The number of rotatable bonds is 6. The number of hydrogen-bond donors (Lipinski definition) is 1. The van der Waals surface area contributed by atoms with Crippen LogP contribution < -0.4 is 19.9 Å². The van der Waals surface area contributed by atoms with E-state index in [4.69, 9.17) is 4.74 Å². The van der Waals surface area contributed by atoms with E-state index in [9.17, 15) is 27.2 Å². The summed E-state index contributed by atoms with van der Waals surface area (Å²) < 4.78 is 59.3. The Labute approximate surface area is 218 Å². The van der Waals surface area contributed by atoms with Crippen molar-refractivity contribution >= 4 is 51.8 Å². The van der Waals surface area contributed by atoms with Gasteiger partial charge in [0.1, 0.15) is 30.3 Å². The molecule has 9 nitrogen and oxygen atoms in total. The van der Waals surface area contributed by atoms with Crippen molar-refractivity contribution in [1.29, 1.82) is 0 Å². The number of carbonyl (C=O) groups excluding carboxylic acids is 2. The van der Waals surface area contributed by atoms with Crippen molar-refractivity contribution in [2.45, 2.75) is 6.18 Å². The van der Waals surface area contributed by atoms with E-state index in [0.717, 1.165) is 22.1 Å². The Balaban J connectivity index is 1.46. The Morgan fingerprint density at radius 1 is 1.08 bits per heavy atom. The lowest BCUT2D eigenvalue weighted by Crippen LogP contribution is -2.33. The SMILES string of the molecule is C=Cc1cc(N2C(=O)CN(c3cncc(C(F)(F)F)c3)C2=O)ccc1Nc1ncnc2cc(OC)cc(F)c12. The van der Waals surface area contributed by atoms with Gasteiger partial charge in [0, 0.05) is 24.0 Å². The van der Waals surface area contributed by atoms with Gasteiger partial charge in [-0.2, -0.15) is 13.2 Å². The molecule has 0 aliphatic carbocycles. The Kier molecular flexibility index (Phi) is 6.34. The quantitative estimate of drug-likeness (QED) is 0.254. The predicted octanol–water partition coefficient (Wildman–Crippen LogP) is 5.55. The molecule has 4 aromatic rings. The molecule has 5 rings (SSSR count). The number of nitrogens with one attached hydrogen (secondary N) is 1. The highest BCUT2D eigenvalue weighted by Crippen LogP contribution is 2.35. The molecule has 1 saturated heterocycles. The fourth-order valence-corrected chi connectivity index (χ4v) is 4.12. The van der Waals surface area contributed by atoms with E-state index in [1.807, 2.05) is 0 Å². The van der Waals surface area contributed by atoms with E-state index in [0.29, 0.717) is 23.0 Å². The monoisotopic (exact) mass is 538 g/mol. The van der Waals surface area contributed by atoms with Gasteiger partial charge in [0.15, 0.2) is 0 Å². The zero-order valence-electron chi connectivity index (χ0n) is 20.2. The minimum atomic E-state index is -4.67. The van der Waals surface area contributed by atoms with Gasteiger partial charge < -0.3 is 10.1 Å². The van der Waals surface area contributed by atoms with Crippen LogP contribution in [0.15, 0.2) is 61.7 Å². The number of ether oxygens (including phenoxy) is 1. The molecule has 1 aliphatic rings. The van der Waals surface area contributed by atoms with Crippen LogP contribution in [-0.4, -0.2) is 40.5 Å². The predicted molar refractivity (Wildman–Crippen MR) is 135 cm³/mol. The summed E-state index contributed by atoms with van der Waals surface area (Å²) in [6.45, 7) is 3.29. The molecule has 2 aromatic heterocycles. The lowest BCUT2D eigenvalue weighted by atomic mass is 10.1. The van der Waals surface area contributed by atoms with Crippen LogP contribution in [0, 0.1) is 5.82 Å². The van der Waals surface area contributed by atoms with Gasteiger partial charge in [-0.05, 0) is 29.8 Å². The van der Waals surface area contributed by atoms with Gasteiger partial charge in [-0.1, -0.05) is 12.7 Å². The first-order valence-electron chi connectivity index (χ1n) is 11.3. The molecule has 1 aliphatic heterocycles. The smallest absolute Gasteiger partial charge is 0.417 e. The Morgan fingerprint density at radius 2 is 1.87 bits per heavy atom. The number of nitrogens with zero attached hydrogens (tertiary/aromatic N) is 5. The number of anilines is 4. The summed E-state index contributed by atoms with van der Waals surface area (Å²) in [6.07, 6.45) is -0.249. The molecular formula is C26H18F4N6O3. The van der Waals surface area contributed by atoms with Crippen LogP contribution in [0.2, 0.25) is 0 Å². The molecule has 1 fully saturated rings. The zero-order valence-corrected chi connectivity index (χ0v) is 20.2. The second kappa shape index (κ2) is 9.67. The van der Waals surface area contributed by atoms with Gasteiger partial charge in [-0.3, -0.25) is 14.7 Å². The van der Waals surface area contributed by atoms with Gasteiger partial charge >= 0.3 is 12.2 Å².